The van der Waals surface area contributed by atoms with Crippen LogP contribution in [0.25, 0.3) is 22.2 Å². The van der Waals surface area contributed by atoms with Gasteiger partial charge in [-0.2, -0.15) is 0 Å². The van der Waals surface area contributed by atoms with Crippen LogP contribution in [0, 0.1) is 6.92 Å². The number of nitrogens with one attached hydrogen (secondary N) is 1. The van der Waals surface area contributed by atoms with Crippen molar-refractivity contribution in [2.75, 3.05) is 0 Å². The van der Waals surface area contributed by atoms with E-state index in [4.69, 9.17) is 5.11 Å². The number of imidazole rings is 1. The van der Waals surface area contributed by atoms with E-state index >= 15 is 0 Å². The molecule has 0 aliphatic rings. The standard InChI is InChI=1S/C15H12N2O3/c1-8-16-12-6-5-11(14(18)13(12)17-8)9-3-2-4-10(7-9)15(19)20/h2-7,18H,1H3,(H,16,17)(H,19,20). The Labute approximate surface area is 114 Å². The number of aromatic amines is 1. The molecule has 0 unspecified atom stereocenters. The molecule has 0 radical (unpaired) electrons. The Kier molecular flexibility index (Phi) is 2.68. The molecule has 0 amide bonds. The molecular formula is C15H12N2O3. The molecule has 5 heteroatoms. The Morgan fingerprint density at radius 2 is 2.05 bits per heavy atom. The van der Waals surface area contributed by atoms with Crippen LogP contribution in [0.3, 0.4) is 0 Å². The van der Waals surface area contributed by atoms with Gasteiger partial charge in [-0.3, -0.25) is 0 Å². The first-order valence-corrected chi connectivity index (χ1v) is 6.08. The van der Waals surface area contributed by atoms with E-state index in [0.717, 1.165) is 5.52 Å². The summed E-state index contributed by atoms with van der Waals surface area (Å²) in [5.74, 6) is -0.232. The Balaban J connectivity index is 2.21. The average Bonchev–Trinajstić information content (AvgIpc) is 2.81. The van der Waals surface area contributed by atoms with Crippen LogP contribution in [0.1, 0.15) is 16.2 Å². The molecule has 100 valence electrons. The van der Waals surface area contributed by atoms with Gasteiger partial charge in [-0.05, 0) is 36.8 Å². The summed E-state index contributed by atoms with van der Waals surface area (Å²) in [6.45, 7) is 1.81. The van der Waals surface area contributed by atoms with Crippen molar-refractivity contribution in [3.05, 3.63) is 47.8 Å². The SMILES string of the molecule is Cc1nc2c(O)c(-c3cccc(C(=O)O)c3)ccc2[nH]1. The van der Waals surface area contributed by atoms with Crippen molar-refractivity contribution in [1.29, 1.82) is 0 Å². The topological polar surface area (TPSA) is 86.2 Å². The van der Waals surface area contributed by atoms with Crippen molar-refractivity contribution >= 4 is 17.0 Å². The fraction of sp³-hybridized carbons (Fsp3) is 0.0667. The molecule has 5 nitrogen and oxygen atoms in total. The molecule has 0 bridgehead atoms. The minimum atomic E-state index is -0.997. The molecule has 3 N–H and O–H groups in total. The van der Waals surface area contributed by atoms with E-state index < -0.39 is 5.97 Å². The third kappa shape index (κ3) is 1.89. The van der Waals surface area contributed by atoms with Crippen molar-refractivity contribution in [3.63, 3.8) is 0 Å². The fourth-order valence-electron chi connectivity index (χ4n) is 2.24. The van der Waals surface area contributed by atoms with Gasteiger partial charge in [0.15, 0.2) is 5.75 Å². The summed E-state index contributed by atoms with van der Waals surface area (Å²) in [7, 11) is 0. The van der Waals surface area contributed by atoms with E-state index in [9.17, 15) is 9.90 Å². The quantitative estimate of drug-likeness (QED) is 0.667. The number of aromatic nitrogens is 2. The predicted molar refractivity (Wildman–Crippen MR) is 74.9 cm³/mol. The molecule has 1 aromatic heterocycles. The Morgan fingerprint density at radius 1 is 1.25 bits per heavy atom. The molecule has 2 aromatic carbocycles. The number of rotatable bonds is 2. The Hall–Kier alpha value is -2.82. The summed E-state index contributed by atoms with van der Waals surface area (Å²) >= 11 is 0. The number of phenolic OH excluding ortho intramolecular Hbond substituents is 1. The summed E-state index contributed by atoms with van der Waals surface area (Å²) in [5.41, 5.74) is 2.62. The van der Waals surface area contributed by atoms with Crippen LogP contribution in [0.5, 0.6) is 5.75 Å². The number of carboxylic acid groups (broad SMARTS) is 1. The summed E-state index contributed by atoms with van der Waals surface area (Å²) in [6, 6.07) is 10.0. The van der Waals surface area contributed by atoms with Crippen LogP contribution in [0.2, 0.25) is 0 Å². The molecule has 3 aromatic rings. The molecule has 0 fully saturated rings. The first-order chi connectivity index (χ1) is 9.56. The zero-order valence-corrected chi connectivity index (χ0v) is 10.7. The molecule has 0 aliphatic heterocycles. The summed E-state index contributed by atoms with van der Waals surface area (Å²) in [4.78, 5) is 18.3. The van der Waals surface area contributed by atoms with E-state index in [1.807, 2.05) is 13.0 Å². The second-order valence-corrected chi connectivity index (χ2v) is 4.57. The second kappa shape index (κ2) is 4.38. The number of nitrogens with zero attached hydrogens (tertiary/aromatic N) is 1. The summed E-state index contributed by atoms with van der Waals surface area (Å²) < 4.78 is 0. The van der Waals surface area contributed by atoms with E-state index in [1.165, 1.54) is 12.1 Å². The van der Waals surface area contributed by atoms with E-state index in [0.29, 0.717) is 22.5 Å². The highest BCUT2D eigenvalue weighted by molar-refractivity contribution is 5.93. The number of hydrogen-bond donors (Lipinski definition) is 3. The first-order valence-electron chi connectivity index (χ1n) is 6.08. The van der Waals surface area contributed by atoms with Crippen LogP contribution < -0.4 is 0 Å². The Bertz CT molecular complexity index is 821. The monoisotopic (exact) mass is 268 g/mol. The van der Waals surface area contributed by atoms with Gasteiger partial charge in [0.2, 0.25) is 0 Å². The molecule has 1 heterocycles. The normalized spacial score (nSPS) is 10.8. The van der Waals surface area contributed by atoms with Crippen molar-refractivity contribution in [1.82, 2.24) is 9.97 Å². The van der Waals surface area contributed by atoms with Gasteiger partial charge in [0.05, 0.1) is 11.1 Å². The van der Waals surface area contributed by atoms with Crippen molar-refractivity contribution in [3.8, 4) is 16.9 Å². The van der Waals surface area contributed by atoms with Gasteiger partial charge in [0.25, 0.3) is 0 Å². The minimum Gasteiger partial charge on any atom is -0.505 e. The minimum absolute atomic E-state index is 0.0504. The molecule has 3 rings (SSSR count). The molecule has 0 saturated heterocycles. The fourth-order valence-corrected chi connectivity index (χ4v) is 2.24. The maximum atomic E-state index is 11.0. The number of aromatic hydroxyl groups is 1. The van der Waals surface area contributed by atoms with Crippen LogP contribution in [-0.4, -0.2) is 26.2 Å². The lowest BCUT2D eigenvalue weighted by Gasteiger charge is -2.06. The maximum absolute atomic E-state index is 11.0. The lowest BCUT2D eigenvalue weighted by molar-refractivity contribution is 0.0697. The number of aromatic carboxylic acids is 1. The summed E-state index contributed by atoms with van der Waals surface area (Å²) in [6.07, 6.45) is 0. The number of fused-ring (bicyclic) bond motifs is 1. The van der Waals surface area contributed by atoms with Crippen molar-refractivity contribution < 1.29 is 15.0 Å². The highest BCUT2D eigenvalue weighted by Gasteiger charge is 2.13. The number of benzene rings is 2. The lowest BCUT2D eigenvalue weighted by atomic mass is 10.0. The number of carboxylic acids is 1. The van der Waals surface area contributed by atoms with Gasteiger partial charge in [0, 0.05) is 5.56 Å². The van der Waals surface area contributed by atoms with E-state index in [-0.39, 0.29) is 11.3 Å². The highest BCUT2D eigenvalue weighted by atomic mass is 16.4. The second-order valence-electron chi connectivity index (χ2n) is 4.57. The van der Waals surface area contributed by atoms with Gasteiger partial charge < -0.3 is 15.2 Å². The zero-order valence-electron chi connectivity index (χ0n) is 10.7. The van der Waals surface area contributed by atoms with Gasteiger partial charge >= 0.3 is 5.97 Å². The van der Waals surface area contributed by atoms with Gasteiger partial charge in [0.1, 0.15) is 11.3 Å². The van der Waals surface area contributed by atoms with Crippen molar-refractivity contribution in [2.45, 2.75) is 6.92 Å². The maximum Gasteiger partial charge on any atom is 0.335 e. The largest absolute Gasteiger partial charge is 0.505 e. The van der Waals surface area contributed by atoms with Crippen LogP contribution in [0.4, 0.5) is 0 Å². The van der Waals surface area contributed by atoms with Gasteiger partial charge in [-0.15, -0.1) is 0 Å². The third-order valence-corrected chi connectivity index (χ3v) is 3.17. The number of H-pyrrole nitrogens is 1. The first kappa shape index (κ1) is 12.2. The molecule has 20 heavy (non-hydrogen) atoms. The third-order valence-electron chi connectivity index (χ3n) is 3.17. The van der Waals surface area contributed by atoms with Crippen molar-refractivity contribution in [2.24, 2.45) is 0 Å². The number of carbonyl (C=O) groups is 1. The van der Waals surface area contributed by atoms with Gasteiger partial charge in [-0.25, -0.2) is 9.78 Å². The predicted octanol–water partition coefficient (Wildman–Crippen LogP) is 2.94. The van der Waals surface area contributed by atoms with E-state index in [1.54, 1.807) is 18.2 Å². The number of hydrogen-bond acceptors (Lipinski definition) is 3. The van der Waals surface area contributed by atoms with Gasteiger partial charge in [-0.1, -0.05) is 12.1 Å². The number of phenols is 1. The Morgan fingerprint density at radius 3 is 2.80 bits per heavy atom. The van der Waals surface area contributed by atoms with E-state index in [2.05, 4.69) is 9.97 Å². The smallest absolute Gasteiger partial charge is 0.335 e. The molecule has 0 atom stereocenters. The molecular weight excluding hydrogens is 256 g/mol. The zero-order chi connectivity index (χ0) is 14.3. The number of aryl methyl sites for hydroxylation is 1. The molecule has 0 spiro atoms. The average molecular weight is 268 g/mol. The van der Waals surface area contributed by atoms with Crippen LogP contribution >= 0.6 is 0 Å². The van der Waals surface area contributed by atoms with Crippen LogP contribution in [-0.2, 0) is 0 Å². The molecule has 0 aliphatic carbocycles. The summed E-state index contributed by atoms with van der Waals surface area (Å²) in [5, 5.41) is 19.3. The van der Waals surface area contributed by atoms with Crippen LogP contribution in [0.15, 0.2) is 36.4 Å². The molecule has 0 saturated carbocycles. The lowest BCUT2D eigenvalue weighted by Crippen LogP contribution is -1.95. The highest BCUT2D eigenvalue weighted by Crippen LogP contribution is 2.35.